The number of rotatable bonds is 6. The molecule has 0 saturated carbocycles. The molecule has 0 aliphatic carbocycles. The van der Waals surface area contributed by atoms with Crippen molar-refractivity contribution in [1.29, 1.82) is 0 Å². The molecule has 4 rings (SSSR count). The Bertz CT molecular complexity index is 1040. The van der Waals surface area contributed by atoms with Crippen LogP contribution in [0.4, 0.5) is 5.82 Å². The van der Waals surface area contributed by atoms with Gasteiger partial charge >= 0.3 is 0 Å². The summed E-state index contributed by atoms with van der Waals surface area (Å²) in [6.45, 7) is 8.28. The summed E-state index contributed by atoms with van der Waals surface area (Å²) in [6.07, 6.45) is 2.45. The first-order valence-electron chi connectivity index (χ1n) is 11.1. The number of hydrogen-bond acceptors (Lipinski definition) is 8. The van der Waals surface area contributed by atoms with Gasteiger partial charge in [0, 0.05) is 47.6 Å². The molecule has 1 N–H and O–H groups in total. The largest absolute Gasteiger partial charge is 0.379 e. The Morgan fingerprint density at radius 1 is 1.21 bits per heavy atom. The lowest BCUT2D eigenvalue weighted by Gasteiger charge is -2.28. The van der Waals surface area contributed by atoms with E-state index in [4.69, 9.17) is 4.74 Å². The van der Waals surface area contributed by atoms with E-state index < -0.39 is 0 Å². The van der Waals surface area contributed by atoms with Crippen molar-refractivity contribution in [3.8, 4) is 0 Å². The SMILES string of the molecule is C/C(=C(\CCN1CCOCC1)SC(=O)c1ccccc1)N1Cc2cnc(C)nc2NCC1=O. The third kappa shape index (κ3) is 5.98. The second-order valence-electron chi connectivity index (χ2n) is 8.09. The third-order valence-corrected chi connectivity index (χ3v) is 6.98. The molecule has 1 aromatic carbocycles. The molecule has 33 heavy (non-hydrogen) atoms. The van der Waals surface area contributed by atoms with Gasteiger partial charge in [-0.1, -0.05) is 30.3 Å². The second-order valence-corrected chi connectivity index (χ2v) is 9.16. The maximum atomic E-state index is 13.0. The van der Waals surface area contributed by atoms with Crippen molar-refractivity contribution in [3.05, 3.63) is 64.1 Å². The smallest absolute Gasteiger partial charge is 0.246 e. The fourth-order valence-electron chi connectivity index (χ4n) is 3.87. The fraction of sp³-hybridized carbons (Fsp3) is 0.417. The zero-order valence-corrected chi connectivity index (χ0v) is 19.9. The Kier molecular flexibility index (Phi) is 7.74. The van der Waals surface area contributed by atoms with Crippen LogP contribution < -0.4 is 5.32 Å². The average molecular weight is 468 g/mol. The number of carbonyl (C=O) groups excluding carboxylic acids is 2. The van der Waals surface area contributed by atoms with Gasteiger partial charge in [0.1, 0.15) is 11.6 Å². The molecule has 2 aliphatic heterocycles. The van der Waals surface area contributed by atoms with E-state index in [0.717, 1.165) is 49.0 Å². The Hall–Kier alpha value is -2.75. The lowest BCUT2D eigenvalue weighted by molar-refractivity contribution is -0.127. The zero-order chi connectivity index (χ0) is 23.2. The van der Waals surface area contributed by atoms with E-state index >= 15 is 0 Å². The van der Waals surface area contributed by atoms with Crippen molar-refractivity contribution in [2.24, 2.45) is 0 Å². The van der Waals surface area contributed by atoms with Crippen molar-refractivity contribution < 1.29 is 14.3 Å². The van der Waals surface area contributed by atoms with Crippen molar-refractivity contribution in [2.75, 3.05) is 44.7 Å². The first kappa shape index (κ1) is 23.4. The molecule has 2 aromatic rings. The number of amides is 1. The zero-order valence-electron chi connectivity index (χ0n) is 19.0. The highest BCUT2D eigenvalue weighted by Gasteiger charge is 2.26. The highest BCUT2D eigenvalue weighted by atomic mass is 32.2. The van der Waals surface area contributed by atoms with Gasteiger partial charge in [-0.15, -0.1) is 0 Å². The Morgan fingerprint density at radius 2 is 1.97 bits per heavy atom. The van der Waals surface area contributed by atoms with Gasteiger partial charge in [0.05, 0.1) is 26.3 Å². The summed E-state index contributed by atoms with van der Waals surface area (Å²) in [4.78, 5) is 39.8. The van der Waals surface area contributed by atoms with E-state index in [1.165, 1.54) is 11.8 Å². The minimum absolute atomic E-state index is 0.0216. The quantitative estimate of drug-likeness (QED) is 0.694. The van der Waals surface area contributed by atoms with Crippen LogP contribution in [-0.4, -0.2) is 70.2 Å². The van der Waals surface area contributed by atoms with Gasteiger partial charge in [0.15, 0.2) is 0 Å². The predicted molar refractivity (Wildman–Crippen MR) is 129 cm³/mol. The van der Waals surface area contributed by atoms with Crippen molar-refractivity contribution in [1.82, 2.24) is 19.8 Å². The van der Waals surface area contributed by atoms with Crippen LogP contribution in [0.15, 0.2) is 47.1 Å². The first-order chi connectivity index (χ1) is 16.0. The van der Waals surface area contributed by atoms with Gasteiger partial charge < -0.3 is 15.0 Å². The molecule has 0 spiro atoms. The lowest BCUT2D eigenvalue weighted by atomic mass is 10.2. The van der Waals surface area contributed by atoms with Crippen molar-refractivity contribution in [2.45, 2.75) is 26.8 Å². The number of hydrogen-bond donors (Lipinski definition) is 1. The summed E-state index contributed by atoms with van der Waals surface area (Å²) in [6, 6.07) is 9.26. The molecule has 8 nitrogen and oxygen atoms in total. The van der Waals surface area contributed by atoms with Gasteiger partial charge in [0.25, 0.3) is 0 Å². The maximum absolute atomic E-state index is 13.0. The number of fused-ring (bicyclic) bond motifs is 1. The molecule has 1 aromatic heterocycles. The number of nitrogens with one attached hydrogen (secondary N) is 1. The molecule has 2 aliphatic rings. The normalized spacial score (nSPS) is 17.6. The van der Waals surface area contributed by atoms with Crippen LogP contribution in [0.5, 0.6) is 0 Å². The van der Waals surface area contributed by atoms with Crippen LogP contribution in [0.1, 0.15) is 35.1 Å². The number of allylic oxidation sites excluding steroid dienone is 1. The van der Waals surface area contributed by atoms with E-state index in [2.05, 4.69) is 20.2 Å². The molecular formula is C24H29N5O3S. The standard InChI is InChI=1S/C24H29N5O3S/c1-17(29-16-20-14-25-18(2)27-23(20)26-15-22(29)30)21(8-9-28-10-12-32-13-11-28)33-24(31)19-6-4-3-5-7-19/h3-7,14H,8-13,15-16H2,1-2H3,(H,25,26,27)/b21-17-. The monoisotopic (exact) mass is 467 g/mol. The number of carbonyl (C=O) groups is 2. The minimum Gasteiger partial charge on any atom is -0.379 e. The number of nitrogens with zero attached hydrogens (tertiary/aromatic N) is 4. The van der Waals surface area contributed by atoms with E-state index in [1.54, 1.807) is 11.1 Å². The third-order valence-electron chi connectivity index (χ3n) is 5.81. The van der Waals surface area contributed by atoms with Gasteiger partial charge in [-0.2, -0.15) is 0 Å². The number of morpholine rings is 1. The van der Waals surface area contributed by atoms with Crippen LogP contribution in [-0.2, 0) is 16.1 Å². The Morgan fingerprint density at radius 3 is 2.73 bits per heavy atom. The number of thioether (sulfide) groups is 1. The Labute approximate surface area is 198 Å². The highest BCUT2D eigenvalue weighted by molar-refractivity contribution is 8.17. The fourth-order valence-corrected chi connectivity index (χ4v) is 4.80. The highest BCUT2D eigenvalue weighted by Crippen LogP contribution is 2.31. The maximum Gasteiger partial charge on any atom is 0.246 e. The molecule has 1 amide bonds. The topological polar surface area (TPSA) is 87.7 Å². The predicted octanol–water partition coefficient (Wildman–Crippen LogP) is 3.07. The summed E-state index contributed by atoms with van der Waals surface area (Å²) in [5, 5.41) is 3.11. The van der Waals surface area contributed by atoms with E-state index in [0.29, 0.717) is 30.2 Å². The number of ether oxygens (including phenoxy) is 1. The summed E-state index contributed by atoms with van der Waals surface area (Å²) >= 11 is 1.22. The second kappa shape index (κ2) is 10.9. The summed E-state index contributed by atoms with van der Waals surface area (Å²) < 4.78 is 5.46. The molecule has 1 fully saturated rings. The number of anilines is 1. The Balaban J connectivity index is 1.60. The molecule has 1 saturated heterocycles. The molecule has 174 valence electrons. The van der Waals surface area contributed by atoms with Gasteiger partial charge in [0.2, 0.25) is 11.0 Å². The molecule has 3 heterocycles. The summed E-state index contributed by atoms with van der Waals surface area (Å²) in [5.41, 5.74) is 2.31. The number of aryl methyl sites for hydroxylation is 1. The number of benzene rings is 1. The molecule has 0 radical (unpaired) electrons. The lowest BCUT2D eigenvalue weighted by Crippen LogP contribution is -2.37. The molecule has 0 bridgehead atoms. The van der Waals surface area contributed by atoms with Gasteiger partial charge in [-0.3, -0.25) is 14.5 Å². The molecule has 9 heteroatoms. The van der Waals surface area contributed by atoms with Crippen LogP contribution >= 0.6 is 11.8 Å². The average Bonchev–Trinajstić information content (AvgIpc) is 3.01. The van der Waals surface area contributed by atoms with Gasteiger partial charge in [-0.25, -0.2) is 9.97 Å². The van der Waals surface area contributed by atoms with Crippen molar-refractivity contribution in [3.63, 3.8) is 0 Å². The van der Waals surface area contributed by atoms with E-state index in [9.17, 15) is 9.59 Å². The minimum atomic E-state index is -0.0558. The van der Waals surface area contributed by atoms with Crippen LogP contribution in [0.3, 0.4) is 0 Å². The molecule has 0 unspecified atom stereocenters. The summed E-state index contributed by atoms with van der Waals surface area (Å²) in [5.74, 6) is 1.29. The molecular weight excluding hydrogens is 438 g/mol. The van der Waals surface area contributed by atoms with Crippen molar-refractivity contribution >= 4 is 28.6 Å². The van der Waals surface area contributed by atoms with Crippen LogP contribution in [0.25, 0.3) is 0 Å². The van der Waals surface area contributed by atoms with Gasteiger partial charge in [-0.05, 0) is 32.0 Å². The van der Waals surface area contributed by atoms with E-state index in [1.807, 2.05) is 44.2 Å². The van der Waals surface area contributed by atoms with Crippen LogP contribution in [0, 0.1) is 6.92 Å². The first-order valence-corrected chi connectivity index (χ1v) is 12.0. The van der Waals surface area contributed by atoms with E-state index in [-0.39, 0.29) is 17.6 Å². The van der Waals surface area contributed by atoms with Crippen LogP contribution in [0.2, 0.25) is 0 Å². The molecule has 0 atom stereocenters. The summed E-state index contributed by atoms with van der Waals surface area (Å²) in [7, 11) is 0. The number of aromatic nitrogens is 2.